The summed E-state index contributed by atoms with van der Waals surface area (Å²) < 4.78 is 5.15. The molecular formula is C16H19NO4. The van der Waals surface area contributed by atoms with E-state index in [0.717, 1.165) is 5.56 Å². The Hall–Kier alpha value is -2.43. The van der Waals surface area contributed by atoms with Crippen molar-refractivity contribution in [2.24, 2.45) is 0 Å². The van der Waals surface area contributed by atoms with E-state index in [2.05, 4.69) is 6.58 Å². The molecule has 1 aromatic rings. The molecule has 0 radical (unpaired) electrons. The highest BCUT2D eigenvalue weighted by molar-refractivity contribution is 5.88. The van der Waals surface area contributed by atoms with Crippen molar-refractivity contribution in [1.82, 2.24) is 0 Å². The summed E-state index contributed by atoms with van der Waals surface area (Å²) in [6.45, 7) is 10.8. The molecule has 0 aromatic heterocycles. The molecule has 0 aliphatic carbocycles. The van der Waals surface area contributed by atoms with E-state index in [1.807, 2.05) is 6.92 Å². The van der Waals surface area contributed by atoms with E-state index >= 15 is 0 Å². The second-order valence-corrected chi connectivity index (χ2v) is 5.58. The first kappa shape index (κ1) is 16.6. The number of hydrogen-bond donors (Lipinski definition) is 0. The number of non-ortho nitro benzene ring substituents is 1. The van der Waals surface area contributed by atoms with Crippen molar-refractivity contribution >= 4 is 23.8 Å². The Morgan fingerprint density at radius 3 is 2.38 bits per heavy atom. The summed E-state index contributed by atoms with van der Waals surface area (Å²) in [6.07, 6.45) is 4.33. The molecule has 0 N–H and O–H groups in total. The van der Waals surface area contributed by atoms with Gasteiger partial charge in [-0.25, -0.2) is 4.79 Å². The molecule has 0 aliphatic heterocycles. The lowest BCUT2D eigenvalue weighted by Gasteiger charge is -2.18. The molecule has 21 heavy (non-hydrogen) atoms. The van der Waals surface area contributed by atoms with Crippen LogP contribution in [0.4, 0.5) is 5.69 Å². The van der Waals surface area contributed by atoms with Gasteiger partial charge in [0.15, 0.2) is 0 Å². The fraction of sp³-hybridized carbons (Fsp3) is 0.312. The van der Waals surface area contributed by atoms with Gasteiger partial charge >= 0.3 is 5.97 Å². The zero-order valence-corrected chi connectivity index (χ0v) is 12.7. The number of nitrogens with zero attached hydrogens (tertiary/aromatic N) is 1. The molecule has 0 unspecified atom stereocenters. The number of hydrogen-bond acceptors (Lipinski definition) is 4. The van der Waals surface area contributed by atoms with Crippen LogP contribution in [0, 0.1) is 17.0 Å². The van der Waals surface area contributed by atoms with Gasteiger partial charge in [0.25, 0.3) is 5.69 Å². The minimum atomic E-state index is -0.578. The van der Waals surface area contributed by atoms with E-state index in [0.29, 0.717) is 11.1 Å². The van der Waals surface area contributed by atoms with Gasteiger partial charge in [-0.3, -0.25) is 10.1 Å². The molecule has 5 heteroatoms. The zero-order valence-electron chi connectivity index (χ0n) is 12.7. The molecule has 0 bridgehead atoms. The summed E-state index contributed by atoms with van der Waals surface area (Å²) in [5.41, 5.74) is 1.44. The van der Waals surface area contributed by atoms with Crippen LogP contribution in [0.3, 0.4) is 0 Å². The summed E-state index contributed by atoms with van der Waals surface area (Å²) in [5, 5.41) is 10.9. The number of benzene rings is 1. The van der Waals surface area contributed by atoms with E-state index in [4.69, 9.17) is 4.74 Å². The maximum atomic E-state index is 11.7. The highest BCUT2D eigenvalue weighted by atomic mass is 16.6. The summed E-state index contributed by atoms with van der Waals surface area (Å²) in [7, 11) is 0. The largest absolute Gasteiger partial charge is 0.457 e. The molecular weight excluding hydrogens is 270 g/mol. The third-order valence-corrected chi connectivity index (χ3v) is 2.71. The maximum absolute atomic E-state index is 11.7. The van der Waals surface area contributed by atoms with E-state index in [9.17, 15) is 14.9 Å². The lowest BCUT2D eigenvalue weighted by molar-refractivity contribution is -0.384. The Kier molecular flexibility index (Phi) is 5.02. The Labute approximate surface area is 124 Å². The van der Waals surface area contributed by atoms with Crippen LogP contribution in [-0.2, 0) is 9.53 Å². The number of nitro benzene ring substituents is 1. The summed E-state index contributed by atoms with van der Waals surface area (Å²) in [6, 6.07) is 2.87. The normalized spacial score (nSPS) is 11.4. The van der Waals surface area contributed by atoms with Crippen molar-refractivity contribution < 1.29 is 14.5 Å². The van der Waals surface area contributed by atoms with E-state index in [-0.39, 0.29) is 5.69 Å². The predicted molar refractivity (Wildman–Crippen MR) is 82.8 cm³/mol. The van der Waals surface area contributed by atoms with Crippen molar-refractivity contribution in [1.29, 1.82) is 0 Å². The van der Waals surface area contributed by atoms with Gasteiger partial charge < -0.3 is 4.74 Å². The van der Waals surface area contributed by atoms with E-state index in [1.165, 1.54) is 24.3 Å². The molecule has 1 aromatic carbocycles. The number of nitro groups is 1. The Bertz CT molecular complexity index is 609. The second-order valence-electron chi connectivity index (χ2n) is 5.58. The minimum Gasteiger partial charge on any atom is -0.457 e. The molecule has 0 fully saturated rings. The fourth-order valence-electron chi connectivity index (χ4n) is 1.73. The Morgan fingerprint density at radius 2 is 1.90 bits per heavy atom. The van der Waals surface area contributed by atoms with Crippen molar-refractivity contribution in [3.8, 4) is 0 Å². The lowest BCUT2D eigenvalue weighted by Crippen LogP contribution is -2.22. The summed E-state index contributed by atoms with van der Waals surface area (Å²) in [4.78, 5) is 22.1. The number of carbonyl (C=O) groups is 1. The van der Waals surface area contributed by atoms with Gasteiger partial charge in [-0.15, -0.1) is 0 Å². The molecule has 1 rings (SSSR count). The summed E-state index contributed by atoms with van der Waals surface area (Å²) >= 11 is 0. The Morgan fingerprint density at radius 1 is 1.33 bits per heavy atom. The van der Waals surface area contributed by atoms with Crippen molar-refractivity contribution in [3.63, 3.8) is 0 Å². The lowest BCUT2D eigenvalue weighted by atomic mass is 10.0. The summed E-state index contributed by atoms with van der Waals surface area (Å²) in [5.74, 6) is -0.492. The third kappa shape index (κ3) is 4.87. The quantitative estimate of drug-likeness (QED) is 0.365. The average Bonchev–Trinajstić information content (AvgIpc) is 2.35. The molecule has 112 valence electrons. The van der Waals surface area contributed by atoms with Crippen LogP contribution in [0.2, 0.25) is 0 Å². The minimum absolute atomic E-state index is 0.0423. The van der Waals surface area contributed by atoms with Gasteiger partial charge in [0.05, 0.1) is 4.92 Å². The van der Waals surface area contributed by atoms with Crippen molar-refractivity contribution in [3.05, 3.63) is 51.6 Å². The topological polar surface area (TPSA) is 69.4 Å². The number of carbonyl (C=O) groups excluding carboxylic acids is 1. The van der Waals surface area contributed by atoms with Crippen molar-refractivity contribution in [2.45, 2.75) is 33.3 Å². The third-order valence-electron chi connectivity index (χ3n) is 2.71. The smallest absolute Gasteiger partial charge is 0.331 e. The van der Waals surface area contributed by atoms with Gasteiger partial charge in [-0.1, -0.05) is 12.7 Å². The van der Waals surface area contributed by atoms with Crippen LogP contribution < -0.4 is 0 Å². The SMILES string of the molecule is C=Cc1cc([N+](=O)[O-])cc(/C=C\C(=O)OC(C)(C)C)c1C. The molecule has 0 heterocycles. The Balaban J connectivity index is 3.13. The molecule has 0 saturated heterocycles. The first-order chi connectivity index (χ1) is 9.64. The van der Waals surface area contributed by atoms with Gasteiger partial charge in [-0.2, -0.15) is 0 Å². The van der Waals surface area contributed by atoms with E-state index in [1.54, 1.807) is 26.8 Å². The predicted octanol–water partition coefficient (Wildman–Crippen LogP) is 3.90. The molecule has 0 amide bonds. The molecule has 0 aliphatic rings. The standard InChI is InChI=1S/C16H19NO4/c1-6-12-9-14(17(19)20)10-13(11(12)2)7-8-15(18)21-16(3,4)5/h6-10H,1H2,2-5H3/b8-7-. The van der Waals surface area contributed by atoms with Gasteiger partial charge in [0, 0.05) is 18.2 Å². The van der Waals surface area contributed by atoms with E-state index < -0.39 is 16.5 Å². The van der Waals surface area contributed by atoms with Gasteiger partial charge in [0.2, 0.25) is 0 Å². The molecule has 0 spiro atoms. The van der Waals surface area contributed by atoms with Crippen LogP contribution in [0.1, 0.15) is 37.5 Å². The molecule has 0 saturated carbocycles. The molecule has 5 nitrogen and oxygen atoms in total. The first-order valence-corrected chi connectivity index (χ1v) is 6.46. The number of rotatable bonds is 4. The number of esters is 1. The fourth-order valence-corrected chi connectivity index (χ4v) is 1.73. The average molecular weight is 289 g/mol. The highest BCUT2D eigenvalue weighted by Crippen LogP contribution is 2.24. The van der Waals surface area contributed by atoms with Crippen LogP contribution in [0.5, 0.6) is 0 Å². The monoisotopic (exact) mass is 289 g/mol. The maximum Gasteiger partial charge on any atom is 0.331 e. The molecule has 0 atom stereocenters. The second kappa shape index (κ2) is 6.35. The van der Waals surface area contributed by atoms with Crippen LogP contribution in [-0.4, -0.2) is 16.5 Å². The van der Waals surface area contributed by atoms with Crippen LogP contribution in [0.25, 0.3) is 12.2 Å². The van der Waals surface area contributed by atoms with Crippen LogP contribution in [0.15, 0.2) is 24.8 Å². The van der Waals surface area contributed by atoms with Gasteiger partial charge in [-0.05, 0) is 50.5 Å². The van der Waals surface area contributed by atoms with Crippen LogP contribution >= 0.6 is 0 Å². The highest BCUT2D eigenvalue weighted by Gasteiger charge is 2.15. The van der Waals surface area contributed by atoms with Gasteiger partial charge in [0.1, 0.15) is 5.60 Å². The number of ether oxygens (including phenoxy) is 1. The zero-order chi connectivity index (χ0) is 16.2. The van der Waals surface area contributed by atoms with Crippen molar-refractivity contribution in [2.75, 3.05) is 0 Å². The first-order valence-electron chi connectivity index (χ1n) is 6.46.